The first-order chi connectivity index (χ1) is 5.33. The summed E-state index contributed by atoms with van der Waals surface area (Å²) >= 11 is 0. The van der Waals surface area contributed by atoms with Crippen molar-refractivity contribution in [3.8, 4) is 0 Å². The van der Waals surface area contributed by atoms with Crippen molar-refractivity contribution < 1.29 is 4.39 Å². The summed E-state index contributed by atoms with van der Waals surface area (Å²) in [5, 5.41) is 0. The van der Waals surface area contributed by atoms with Gasteiger partial charge >= 0.3 is 0 Å². The third kappa shape index (κ3) is 4.35. The van der Waals surface area contributed by atoms with E-state index in [4.69, 9.17) is 0 Å². The van der Waals surface area contributed by atoms with Crippen LogP contribution in [0.5, 0.6) is 0 Å². The first-order valence-electron chi connectivity index (χ1n) is 4.69. The number of halogens is 1. The Morgan fingerprint density at radius 1 is 1.45 bits per heavy atom. The Morgan fingerprint density at radius 2 is 2.09 bits per heavy atom. The Balaban J connectivity index is 0.000000461. The predicted molar refractivity (Wildman–Crippen MR) is 47.6 cm³/mol. The van der Waals surface area contributed by atoms with E-state index in [-0.39, 0.29) is 0 Å². The van der Waals surface area contributed by atoms with E-state index in [2.05, 4.69) is 11.8 Å². The van der Waals surface area contributed by atoms with E-state index < -0.39 is 6.17 Å². The van der Waals surface area contributed by atoms with Crippen LogP contribution in [0.25, 0.3) is 0 Å². The van der Waals surface area contributed by atoms with Gasteiger partial charge in [0.25, 0.3) is 0 Å². The quantitative estimate of drug-likeness (QED) is 0.571. The molecule has 0 aromatic heterocycles. The summed E-state index contributed by atoms with van der Waals surface area (Å²) in [7, 11) is 0. The molecular weight excluding hydrogens is 141 g/mol. The van der Waals surface area contributed by atoms with Crippen LogP contribution >= 0.6 is 0 Å². The van der Waals surface area contributed by atoms with Crippen LogP contribution in [0.4, 0.5) is 4.39 Å². The molecule has 0 saturated carbocycles. The van der Waals surface area contributed by atoms with Gasteiger partial charge < -0.3 is 4.90 Å². The van der Waals surface area contributed by atoms with E-state index in [1.54, 1.807) is 0 Å². The van der Waals surface area contributed by atoms with Crippen LogP contribution in [0, 0.1) is 0 Å². The number of hydrogen-bond acceptors (Lipinski definition) is 1. The van der Waals surface area contributed by atoms with Crippen molar-refractivity contribution >= 4 is 0 Å². The highest BCUT2D eigenvalue weighted by Crippen LogP contribution is 2.11. The fraction of sp³-hybridized carbons (Fsp3) is 1.00. The number of rotatable bonds is 1. The standard InChI is InChI=1S/C7H14FN.C2H6/c1-2-9-5-3-4-7(8)6-9;1-2/h7H,2-6H2,1H3;1-2H3. The van der Waals surface area contributed by atoms with E-state index in [0.717, 1.165) is 25.9 Å². The molecule has 0 aliphatic carbocycles. The molecule has 0 aromatic carbocycles. The summed E-state index contributed by atoms with van der Waals surface area (Å²) in [6.45, 7) is 8.84. The molecule has 0 spiro atoms. The van der Waals surface area contributed by atoms with Crippen molar-refractivity contribution in [1.82, 2.24) is 4.90 Å². The molecule has 1 heterocycles. The highest BCUT2D eigenvalue weighted by atomic mass is 19.1. The molecule has 0 radical (unpaired) electrons. The lowest BCUT2D eigenvalue weighted by atomic mass is 10.1. The van der Waals surface area contributed by atoms with Crippen molar-refractivity contribution in [2.45, 2.75) is 39.8 Å². The average molecular weight is 161 g/mol. The summed E-state index contributed by atoms with van der Waals surface area (Å²) in [6.07, 6.45) is 1.25. The number of piperidine rings is 1. The van der Waals surface area contributed by atoms with E-state index in [0.29, 0.717) is 6.54 Å². The number of nitrogens with zero attached hydrogens (tertiary/aromatic N) is 1. The van der Waals surface area contributed by atoms with E-state index >= 15 is 0 Å². The van der Waals surface area contributed by atoms with Gasteiger partial charge in [-0.3, -0.25) is 0 Å². The minimum Gasteiger partial charge on any atom is -0.301 e. The molecule has 1 unspecified atom stereocenters. The first-order valence-corrected chi connectivity index (χ1v) is 4.69. The van der Waals surface area contributed by atoms with Crippen LogP contribution in [0.15, 0.2) is 0 Å². The zero-order valence-electron chi connectivity index (χ0n) is 7.94. The predicted octanol–water partition coefficient (Wildman–Crippen LogP) is 2.47. The van der Waals surface area contributed by atoms with E-state index in [9.17, 15) is 4.39 Å². The molecule has 0 N–H and O–H groups in total. The van der Waals surface area contributed by atoms with E-state index in [1.807, 2.05) is 13.8 Å². The molecule has 1 fully saturated rings. The van der Waals surface area contributed by atoms with Crippen LogP contribution in [-0.2, 0) is 0 Å². The Labute approximate surface area is 69.6 Å². The average Bonchev–Trinajstić information content (AvgIpc) is 2.08. The maximum atomic E-state index is 12.6. The van der Waals surface area contributed by atoms with Crippen molar-refractivity contribution in [1.29, 1.82) is 0 Å². The molecule has 68 valence electrons. The van der Waals surface area contributed by atoms with Crippen molar-refractivity contribution in [2.75, 3.05) is 19.6 Å². The third-order valence-corrected chi connectivity index (χ3v) is 1.90. The highest BCUT2D eigenvalue weighted by molar-refractivity contribution is 4.70. The second-order valence-corrected chi connectivity index (χ2v) is 2.63. The van der Waals surface area contributed by atoms with Crippen molar-refractivity contribution in [3.05, 3.63) is 0 Å². The molecule has 1 rings (SSSR count). The van der Waals surface area contributed by atoms with Crippen molar-refractivity contribution in [3.63, 3.8) is 0 Å². The smallest absolute Gasteiger partial charge is 0.113 e. The summed E-state index contributed by atoms with van der Waals surface area (Å²) in [4.78, 5) is 2.16. The monoisotopic (exact) mass is 161 g/mol. The van der Waals surface area contributed by atoms with Gasteiger partial charge in [0, 0.05) is 6.54 Å². The molecule has 0 aromatic rings. The second kappa shape index (κ2) is 6.59. The van der Waals surface area contributed by atoms with Gasteiger partial charge in [-0.2, -0.15) is 0 Å². The lowest BCUT2D eigenvalue weighted by molar-refractivity contribution is 0.144. The minimum absolute atomic E-state index is 0.557. The minimum atomic E-state index is -0.557. The van der Waals surface area contributed by atoms with Gasteiger partial charge in [-0.1, -0.05) is 20.8 Å². The maximum absolute atomic E-state index is 12.6. The molecule has 1 saturated heterocycles. The Kier molecular flexibility index (Phi) is 6.52. The zero-order chi connectivity index (χ0) is 8.69. The van der Waals surface area contributed by atoms with Gasteiger partial charge in [0.15, 0.2) is 0 Å². The molecule has 1 aliphatic rings. The van der Waals surface area contributed by atoms with Gasteiger partial charge in [0.1, 0.15) is 6.17 Å². The summed E-state index contributed by atoms with van der Waals surface area (Å²) < 4.78 is 12.6. The number of hydrogen-bond donors (Lipinski definition) is 0. The van der Waals surface area contributed by atoms with Crippen LogP contribution in [0.1, 0.15) is 33.6 Å². The topological polar surface area (TPSA) is 3.24 Å². The van der Waals surface area contributed by atoms with Crippen LogP contribution in [0.3, 0.4) is 0 Å². The first kappa shape index (κ1) is 10.9. The zero-order valence-corrected chi connectivity index (χ0v) is 7.94. The van der Waals surface area contributed by atoms with E-state index in [1.165, 1.54) is 0 Å². The highest BCUT2D eigenvalue weighted by Gasteiger charge is 2.16. The fourth-order valence-electron chi connectivity index (χ4n) is 1.29. The maximum Gasteiger partial charge on any atom is 0.113 e. The molecule has 11 heavy (non-hydrogen) atoms. The lowest BCUT2D eigenvalue weighted by Gasteiger charge is -2.27. The molecular formula is C9H20FN. The largest absolute Gasteiger partial charge is 0.301 e. The third-order valence-electron chi connectivity index (χ3n) is 1.90. The van der Waals surface area contributed by atoms with Gasteiger partial charge in [0.05, 0.1) is 0 Å². The number of alkyl halides is 1. The summed E-state index contributed by atoms with van der Waals surface area (Å²) in [6, 6.07) is 0. The Hall–Kier alpha value is -0.110. The Bertz CT molecular complexity index is 85.6. The van der Waals surface area contributed by atoms with Gasteiger partial charge in [-0.05, 0) is 25.9 Å². The fourth-order valence-corrected chi connectivity index (χ4v) is 1.29. The molecule has 1 atom stereocenters. The Morgan fingerprint density at radius 3 is 2.45 bits per heavy atom. The SMILES string of the molecule is CC.CCN1CCCC(F)C1. The lowest BCUT2D eigenvalue weighted by Crippen LogP contribution is -2.35. The molecule has 0 bridgehead atoms. The molecule has 2 heteroatoms. The van der Waals surface area contributed by atoms with Gasteiger partial charge in [0.2, 0.25) is 0 Å². The summed E-state index contributed by atoms with van der Waals surface area (Å²) in [5.41, 5.74) is 0. The second-order valence-electron chi connectivity index (χ2n) is 2.63. The number of likely N-dealkylation sites (tertiary alicyclic amines) is 1. The van der Waals surface area contributed by atoms with Crippen LogP contribution < -0.4 is 0 Å². The van der Waals surface area contributed by atoms with Gasteiger partial charge in [-0.25, -0.2) is 4.39 Å². The summed E-state index contributed by atoms with van der Waals surface area (Å²) in [5.74, 6) is 0. The van der Waals surface area contributed by atoms with Crippen molar-refractivity contribution in [2.24, 2.45) is 0 Å². The van der Waals surface area contributed by atoms with Crippen LogP contribution in [0.2, 0.25) is 0 Å². The molecule has 1 aliphatic heterocycles. The normalized spacial score (nSPS) is 25.6. The molecule has 0 amide bonds. The molecule has 1 nitrogen and oxygen atoms in total. The van der Waals surface area contributed by atoms with Gasteiger partial charge in [-0.15, -0.1) is 0 Å². The van der Waals surface area contributed by atoms with Crippen LogP contribution in [-0.4, -0.2) is 30.7 Å².